The van der Waals surface area contributed by atoms with Crippen LogP contribution in [0.3, 0.4) is 0 Å². The second-order valence-electron chi connectivity index (χ2n) is 7.36. The van der Waals surface area contributed by atoms with Gasteiger partial charge in [0.1, 0.15) is 0 Å². The number of aliphatic hydroxyl groups is 1. The van der Waals surface area contributed by atoms with Gasteiger partial charge in [0.05, 0.1) is 24.1 Å². The molecule has 1 saturated heterocycles. The van der Waals surface area contributed by atoms with Crippen LogP contribution in [-0.4, -0.2) is 57.3 Å². The molecule has 1 fully saturated rings. The second-order valence-corrected chi connectivity index (χ2v) is 7.36. The summed E-state index contributed by atoms with van der Waals surface area (Å²) in [5, 5.41) is 17.7. The summed E-state index contributed by atoms with van der Waals surface area (Å²) in [7, 11) is 1.55. The molecule has 1 aliphatic rings. The van der Waals surface area contributed by atoms with Gasteiger partial charge < -0.3 is 15.3 Å². The van der Waals surface area contributed by atoms with Crippen LogP contribution in [-0.2, 0) is 16.0 Å². The van der Waals surface area contributed by atoms with Crippen molar-refractivity contribution in [3.05, 3.63) is 17.0 Å². The van der Waals surface area contributed by atoms with Crippen LogP contribution in [0.4, 0.5) is 0 Å². The van der Waals surface area contributed by atoms with E-state index in [0.29, 0.717) is 19.4 Å². The molecule has 25 heavy (non-hydrogen) atoms. The van der Waals surface area contributed by atoms with E-state index in [0.717, 1.165) is 17.0 Å². The van der Waals surface area contributed by atoms with E-state index in [2.05, 4.69) is 24.3 Å². The van der Waals surface area contributed by atoms with Crippen molar-refractivity contribution in [1.82, 2.24) is 20.0 Å². The number of likely N-dealkylation sites (tertiary alicyclic amines) is 1. The first-order valence-electron chi connectivity index (χ1n) is 8.92. The highest BCUT2D eigenvalue weighted by Crippen LogP contribution is 2.26. The maximum Gasteiger partial charge on any atom is 0.227 e. The zero-order chi connectivity index (χ0) is 18.8. The van der Waals surface area contributed by atoms with E-state index in [1.165, 1.54) is 0 Å². The molecule has 2 rings (SSSR count). The van der Waals surface area contributed by atoms with Gasteiger partial charge in [0.2, 0.25) is 11.8 Å². The fraction of sp³-hybridized carbons (Fsp3) is 0.722. The van der Waals surface area contributed by atoms with Gasteiger partial charge >= 0.3 is 0 Å². The summed E-state index contributed by atoms with van der Waals surface area (Å²) in [5.41, 5.74) is 1.70. The van der Waals surface area contributed by atoms with Crippen molar-refractivity contribution >= 4 is 11.8 Å². The number of β-amino-alcohol motifs (C(OH)–C–C–N with tert-alkyl or cyclic N) is 1. The molecule has 0 aromatic carbocycles. The van der Waals surface area contributed by atoms with Gasteiger partial charge in [-0.15, -0.1) is 0 Å². The number of nitrogens with zero attached hydrogens (tertiary/aromatic N) is 3. The summed E-state index contributed by atoms with van der Waals surface area (Å²) in [6, 6.07) is 0.246. The number of hydrogen-bond donors (Lipinski definition) is 2. The van der Waals surface area contributed by atoms with Crippen molar-refractivity contribution in [2.45, 2.75) is 65.0 Å². The van der Waals surface area contributed by atoms with E-state index in [-0.39, 0.29) is 37.2 Å². The Morgan fingerprint density at radius 3 is 2.60 bits per heavy atom. The Morgan fingerprint density at radius 1 is 1.36 bits per heavy atom. The Bertz CT molecular complexity index is 653. The SMILES string of the molecule is CNC(=O)CC1(O)CCCN(C(=O)Cc2c(C)nn(C(C)C)c2C)C1. The Labute approximate surface area is 149 Å². The fourth-order valence-electron chi connectivity index (χ4n) is 3.58. The zero-order valence-electron chi connectivity index (χ0n) is 15.9. The van der Waals surface area contributed by atoms with Crippen LogP contribution in [0, 0.1) is 13.8 Å². The number of amides is 2. The van der Waals surface area contributed by atoms with E-state index in [1.54, 1.807) is 11.9 Å². The first-order chi connectivity index (χ1) is 11.7. The topological polar surface area (TPSA) is 87.5 Å². The van der Waals surface area contributed by atoms with Gasteiger partial charge in [-0.05, 0) is 40.5 Å². The van der Waals surface area contributed by atoms with Gasteiger partial charge in [0.15, 0.2) is 0 Å². The summed E-state index contributed by atoms with van der Waals surface area (Å²) in [6.45, 7) is 8.86. The highest BCUT2D eigenvalue weighted by Gasteiger charge is 2.37. The van der Waals surface area contributed by atoms with Crippen molar-refractivity contribution < 1.29 is 14.7 Å². The molecule has 7 heteroatoms. The minimum Gasteiger partial charge on any atom is -0.388 e. The molecule has 7 nitrogen and oxygen atoms in total. The van der Waals surface area contributed by atoms with Gasteiger partial charge in [-0.1, -0.05) is 0 Å². The second kappa shape index (κ2) is 7.56. The number of piperidine rings is 1. The molecular formula is C18H30N4O3. The minimum absolute atomic E-state index is 0.0236. The van der Waals surface area contributed by atoms with E-state index in [4.69, 9.17) is 0 Å². The molecule has 0 radical (unpaired) electrons. The Balaban J connectivity index is 2.09. The molecule has 2 N–H and O–H groups in total. The number of hydrogen-bond acceptors (Lipinski definition) is 4. The van der Waals surface area contributed by atoms with Gasteiger partial charge in [0, 0.05) is 37.4 Å². The largest absolute Gasteiger partial charge is 0.388 e. The maximum absolute atomic E-state index is 12.8. The molecule has 0 saturated carbocycles. The first kappa shape index (κ1) is 19.4. The third-order valence-corrected chi connectivity index (χ3v) is 4.97. The number of aryl methyl sites for hydroxylation is 1. The number of nitrogens with one attached hydrogen (secondary N) is 1. The lowest BCUT2D eigenvalue weighted by Gasteiger charge is -2.39. The van der Waals surface area contributed by atoms with Crippen LogP contribution in [0.15, 0.2) is 0 Å². The average Bonchev–Trinajstić information content (AvgIpc) is 2.82. The average molecular weight is 350 g/mol. The fourth-order valence-corrected chi connectivity index (χ4v) is 3.58. The van der Waals surface area contributed by atoms with Crippen LogP contribution in [0.2, 0.25) is 0 Å². The van der Waals surface area contributed by atoms with Crippen LogP contribution in [0.1, 0.15) is 56.1 Å². The van der Waals surface area contributed by atoms with Gasteiger partial charge in [-0.25, -0.2) is 0 Å². The van der Waals surface area contributed by atoms with Crippen LogP contribution in [0.5, 0.6) is 0 Å². The van der Waals surface area contributed by atoms with E-state index >= 15 is 0 Å². The molecule has 1 unspecified atom stereocenters. The summed E-state index contributed by atoms with van der Waals surface area (Å²) in [4.78, 5) is 26.1. The van der Waals surface area contributed by atoms with Crippen LogP contribution in [0.25, 0.3) is 0 Å². The number of rotatable bonds is 5. The lowest BCUT2D eigenvalue weighted by molar-refractivity contribution is -0.141. The van der Waals surface area contributed by atoms with Crippen molar-refractivity contribution in [3.63, 3.8) is 0 Å². The maximum atomic E-state index is 12.8. The minimum atomic E-state index is -1.14. The van der Waals surface area contributed by atoms with Gasteiger partial charge in [-0.3, -0.25) is 14.3 Å². The molecule has 1 aliphatic heterocycles. The quantitative estimate of drug-likeness (QED) is 0.833. The molecule has 2 heterocycles. The Kier molecular flexibility index (Phi) is 5.87. The van der Waals surface area contributed by atoms with E-state index in [1.807, 2.05) is 18.5 Å². The monoisotopic (exact) mass is 350 g/mol. The normalized spacial score (nSPS) is 20.8. The summed E-state index contributed by atoms with van der Waals surface area (Å²) >= 11 is 0. The van der Waals surface area contributed by atoms with Crippen molar-refractivity contribution in [2.24, 2.45) is 0 Å². The number of carbonyl (C=O) groups is 2. The zero-order valence-corrected chi connectivity index (χ0v) is 15.9. The molecule has 0 bridgehead atoms. The summed E-state index contributed by atoms with van der Waals surface area (Å²) in [6.07, 6.45) is 1.53. The predicted molar refractivity (Wildman–Crippen MR) is 95.2 cm³/mol. The molecule has 1 atom stereocenters. The van der Waals surface area contributed by atoms with Gasteiger partial charge in [0.25, 0.3) is 0 Å². The smallest absolute Gasteiger partial charge is 0.227 e. The van der Waals surface area contributed by atoms with Crippen LogP contribution < -0.4 is 5.32 Å². The predicted octanol–water partition coefficient (Wildman–Crippen LogP) is 1.11. The number of carbonyl (C=O) groups excluding carboxylic acids is 2. The Morgan fingerprint density at radius 2 is 2.04 bits per heavy atom. The van der Waals surface area contributed by atoms with Crippen LogP contribution >= 0.6 is 0 Å². The summed E-state index contributed by atoms with van der Waals surface area (Å²) in [5.74, 6) is -0.230. The molecule has 0 spiro atoms. The molecule has 2 amide bonds. The van der Waals surface area contributed by atoms with Crippen molar-refractivity contribution in [2.75, 3.05) is 20.1 Å². The summed E-state index contributed by atoms with van der Waals surface area (Å²) < 4.78 is 1.94. The van der Waals surface area contributed by atoms with E-state index in [9.17, 15) is 14.7 Å². The first-order valence-corrected chi connectivity index (χ1v) is 8.92. The highest BCUT2D eigenvalue weighted by molar-refractivity contribution is 5.80. The molecule has 1 aromatic heterocycles. The van der Waals surface area contributed by atoms with Crippen molar-refractivity contribution in [1.29, 1.82) is 0 Å². The van der Waals surface area contributed by atoms with Gasteiger partial charge in [-0.2, -0.15) is 5.10 Å². The lowest BCUT2D eigenvalue weighted by Crippen LogP contribution is -2.52. The molecule has 0 aliphatic carbocycles. The standard InChI is InChI=1S/C18H30N4O3/c1-12(2)22-14(4)15(13(3)20-22)9-17(24)21-8-6-7-18(25,11-21)10-16(23)19-5/h12,25H,6-11H2,1-5H3,(H,19,23). The third kappa shape index (κ3) is 4.39. The lowest BCUT2D eigenvalue weighted by atomic mass is 9.89. The molecular weight excluding hydrogens is 320 g/mol. The molecule has 140 valence electrons. The van der Waals surface area contributed by atoms with Crippen molar-refractivity contribution in [3.8, 4) is 0 Å². The van der Waals surface area contributed by atoms with E-state index < -0.39 is 5.60 Å². The number of aromatic nitrogens is 2. The third-order valence-electron chi connectivity index (χ3n) is 4.97. The molecule has 1 aromatic rings. The highest BCUT2D eigenvalue weighted by atomic mass is 16.3. The Hall–Kier alpha value is -1.89.